The van der Waals surface area contributed by atoms with Crippen LogP contribution in [0.1, 0.15) is 77.7 Å². The summed E-state index contributed by atoms with van der Waals surface area (Å²) in [6.45, 7) is 6.79. The van der Waals surface area contributed by atoms with Gasteiger partial charge in [-0.05, 0) is 31.7 Å². The van der Waals surface area contributed by atoms with Crippen LogP contribution in [0.5, 0.6) is 0 Å². The van der Waals surface area contributed by atoms with Crippen LogP contribution in [0, 0.1) is 5.41 Å². The highest BCUT2D eigenvalue weighted by Gasteiger charge is 2.38. The molecule has 23 heavy (non-hydrogen) atoms. The Hall–Kier alpha value is -1.31. The van der Waals surface area contributed by atoms with Crippen molar-refractivity contribution in [2.45, 2.75) is 78.6 Å². The van der Waals surface area contributed by atoms with Crippen LogP contribution in [0.4, 0.5) is 0 Å². The summed E-state index contributed by atoms with van der Waals surface area (Å²) >= 11 is 0. The van der Waals surface area contributed by atoms with Crippen molar-refractivity contribution in [3.63, 3.8) is 0 Å². The SMILES string of the molecule is CCCCCC(CCCCC)(Cc1ccccc1)C(=O)OCC. The van der Waals surface area contributed by atoms with E-state index in [1.54, 1.807) is 0 Å². The normalized spacial score (nSPS) is 11.4. The van der Waals surface area contributed by atoms with Crippen molar-refractivity contribution in [3.8, 4) is 0 Å². The molecule has 0 aliphatic carbocycles. The number of esters is 1. The highest BCUT2D eigenvalue weighted by molar-refractivity contribution is 5.77. The van der Waals surface area contributed by atoms with Crippen LogP contribution in [0.2, 0.25) is 0 Å². The molecule has 0 aliphatic rings. The molecule has 0 bridgehead atoms. The second kappa shape index (κ2) is 11.3. The van der Waals surface area contributed by atoms with Crippen molar-refractivity contribution < 1.29 is 9.53 Å². The summed E-state index contributed by atoms with van der Waals surface area (Å²) in [4.78, 5) is 12.8. The Morgan fingerprint density at radius 2 is 1.48 bits per heavy atom. The van der Waals surface area contributed by atoms with Crippen LogP contribution in [0.3, 0.4) is 0 Å². The van der Waals surface area contributed by atoms with Gasteiger partial charge in [-0.25, -0.2) is 0 Å². The number of rotatable bonds is 12. The summed E-state index contributed by atoms with van der Waals surface area (Å²) in [7, 11) is 0. The molecule has 0 aromatic heterocycles. The van der Waals surface area contributed by atoms with Crippen molar-refractivity contribution in [2.75, 3.05) is 6.61 Å². The second-order valence-corrected chi connectivity index (χ2v) is 6.58. The van der Waals surface area contributed by atoms with Gasteiger partial charge in [-0.3, -0.25) is 4.79 Å². The maximum Gasteiger partial charge on any atom is 0.312 e. The molecule has 0 saturated heterocycles. The van der Waals surface area contributed by atoms with Gasteiger partial charge in [-0.2, -0.15) is 0 Å². The topological polar surface area (TPSA) is 26.3 Å². The first-order chi connectivity index (χ1) is 11.2. The Morgan fingerprint density at radius 1 is 0.913 bits per heavy atom. The van der Waals surface area contributed by atoms with Crippen LogP contribution in [0.25, 0.3) is 0 Å². The highest BCUT2D eigenvalue weighted by atomic mass is 16.5. The Morgan fingerprint density at radius 3 is 1.96 bits per heavy atom. The standard InChI is InChI=1S/C21H34O2/c1-4-7-12-16-21(17-13-8-5-2,20(22)23-6-3)18-19-14-10-9-11-15-19/h9-11,14-15H,4-8,12-13,16-18H2,1-3H3. The first-order valence-corrected chi connectivity index (χ1v) is 9.39. The van der Waals surface area contributed by atoms with Crippen molar-refractivity contribution in [1.82, 2.24) is 0 Å². The van der Waals surface area contributed by atoms with Crippen molar-refractivity contribution >= 4 is 5.97 Å². The van der Waals surface area contributed by atoms with E-state index in [1.165, 1.54) is 31.2 Å². The van der Waals surface area contributed by atoms with Gasteiger partial charge in [0.1, 0.15) is 0 Å². The molecule has 2 heteroatoms. The number of unbranched alkanes of at least 4 members (excludes halogenated alkanes) is 4. The molecule has 0 fully saturated rings. The Balaban J connectivity index is 2.96. The zero-order valence-corrected chi connectivity index (χ0v) is 15.3. The number of hydrogen-bond donors (Lipinski definition) is 0. The number of carbonyl (C=O) groups is 1. The van der Waals surface area contributed by atoms with Crippen molar-refractivity contribution in [1.29, 1.82) is 0 Å². The van der Waals surface area contributed by atoms with Gasteiger partial charge in [0.25, 0.3) is 0 Å². The molecule has 0 atom stereocenters. The largest absolute Gasteiger partial charge is 0.466 e. The van der Waals surface area contributed by atoms with Crippen LogP contribution < -0.4 is 0 Å². The molecule has 2 nitrogen and oxygen atoms in total. The lowest BCUT2D eigenvalue weighted by Gasteiger charge is -2.32. The summed E-state index contributed by atoms with van der Waals surface area (Å²) in [5.74, 6) is 0.0102. The minimum absolute atomic E-state index is 0.0102. The third-order valence-corrected chi connectivity index (χ3v) is 4.61. The Bertz CT molecular complexity index is 415. The van der Waals surface area contributed by atoms with Gasteiger partial charge in [0, 0.05) is 0 Å². The van der Waals surface area contributed by atoms with E-state index in [0.29, 0.717) is 6.61 Å². The van der Waals surface area contributed by atoms with Crippen LogP contribution in [-0.2, 0) is 16.0 Å². The predicted octanol–water partition coefficient (Wildman–Crippen LogP) is 5.94. The van der Waals surface area contributed by atoms with Crippen LogP contribution in [-0.4, -0.2) is 12.6 Å². The van der Waals surface area contributed by atoms with E-state index in [9.17, 15) is 4.79 Å². The summed E-state index contributed by atoms with van der Waals surface area (Å²) in [6.07, 6.45) is 9.63. The third kappa shape index (κ3) is 6.76. The summed E-state index contributed by atoms with van der Waals surface area (Å²) in [6, 6.07) is 10.4. The molecule has 1 aromatic carbocycles. The average Bonchev–Trinajstić information content (AvgIpc) is 2.56. The quantitative estimate of drug-likeness (QED) is 0.352. The fourth-order valence-corrected chi connectivity index (χ4v) is 3.28. The molecular weight excluding hydrogens is 284 g/mol. The first-order valence-electron chi connectivity index (χ1n) is 9.39. The lowest BCUT2D eigenvalue weighted by atomic mass is 9.73. The molecule has 0 unspecified atom stereocenters. The number of carbonyl (C=O) groups excluding carboxylic acids is 1. The number of hydrogen-bond acceptors (Lipinski definition) is 2. The first kappa shape index (κ1) is 19.7. The van der Waals surface area contributed by atoms with Crippen LogP contribution >= 0.6 is 0 Å². The average molecular weight is 319 g/mol. The van der Waals surface area contributed by atoms with E-state index in [-0.39, 0.29) is 11.4 Å². The van der Waals surface area contributed by atoms with E-state index < -0.39 is 0 Å². The highest BCUT2D eigenvalue weighted by Crippen LogP contribution is 2.37. The summed E-state index contributed by atoms with van der Waals surface area (Å²) in [5.41, 5.74) is 0.898. The van der Waals surface area contributed by atoms with Crippen molar-refractivity contribution in [3.05, 3.63) is 35.9 Å². The van der Waals surface area contributed by atoms with Crippen molar-refractivity contribution in [2.24, 2.45) is 5.41 Å². The third-order valence-electron chi connectivity index (χ3n) is 4.61. The molecule has 0 spiro atoms. The molecule has 0 saturated carbocycles. The minimum atomic E-state index is -0.346. The second-order valence-electron chi connectivity index (χ2n) is 6.58. The van der Waals surface area contributed by atoms with E-state index >= 15 is 0 Å². The Kier molecular flexibility index (Phi) is 9.66. The lowest BCUT2D eigenvalue weighted by molar-refractivity contribution is -0.156. The van der Waals surface area contributed by atoms with E-state index in [0.717, 1.165) is 32.1 Å². The molecule has 0 radical (unpaired) electrons. The summed E-state index contributed by atoms with van der Waals surface area (Å²) in [5, 5.41) is 0. The predicted molar refractivity (Wildman–Crippen MR) is 97.5 cm³/mol. The molecule has 1 aromatic rings. The Labute approximate surface area is 142 Å². The van der Waals surface area contributed by atoms with E-state index in [1.807, 2.05) is 13.0 Å². The van der Waals surface area contributed by atoms with Gasteiger partial charge < -0.3 is 4.74 Å². The molecule has 1 rings (SSSR count). The molecule has 0 aliphatic heterocycles. The molecule has 0 N–H and O–H groups in total. The van der Waals surface area contributed by atoms with Gasteiger partial charge in [0.05, 0.1) is 12.0 Å². The summed E-state index contributed by atoms with van der Waals surface area (Å²) < 4.78 is 5.50. The fourth-order valence-electron chi connectivity index (χ4n) is 3.28. The van der Waals surface area contributed by atoms with Gasteiger partial charge in [-0.15, -0.1) is 0 Å². The molecular formula is C21H34O2. The van der Waals surface area contributed by atoms with Gasteiger partial charge in [0.15, 0.2) is 0 Å². The maximum atomic E-state index is 12.8. The molecule has 0 amide bonds. The fraction of sp³-hybridized carbons (Fsp3) is 0.667. The smallest absolute Gasteiger partial charge is 0.312 e. The minimum Gasteiger partial charge on any atom is -0.466 e. The molecule has 0 heterocycles. The van der Waals surface area contributed by atoms with E-state index in [2.05, 4.69) is 38.1 Å². The van der Waals surface area contributed by atoms with E-state index in [4.69, 9.17) is 4.74 Å². The molecule has 130 valence electrons. The zero-order chi connectivity index (χ0) is 17.0. The van der Waals surface area contributed by atoms with Gasteiger partial charge >= 0.3 is 5.97 Å². The van der Waals surface area contributed by atoms with Gasteiger partial charge in [-0.1, -0.05) is 82.7 Å². The number of benzene rings is 1. The maximum absolute atomic E-state index is 12.8. The zero-order valence-electron chi connectivity index (χ0n) is 15.3. The van der Waals surface area contributed by atoms with Crippen LogP contribution in [0.15, 0.2) is 30.3 Å². The van der Waals surface area contributed by atoms with Gasteiger partial charge in [0.2, 0.25) is 0 Å². The number of ether oxygens (including phenoxy) is 1. The lowest BCUT2D eigenvalue weighted by Crippen LogP contribution is -2.35. The monoisotopic (exact) mass is 318 g/mol.